The van der Waals surface area contributed by atoms with Crippen molar-refractivity contribution < 1.29 is 14.4 Å². The van der Waals surface area contributed by atoms with E-state index in [1.165, 1.54) is 6.92 Å². The molecule has 1 unspecified atom stereocenters. The average molecular weight is 508 g/mol. The largest absolute Gasteiger partial charge is 0.352 e. The quantitative estimate of drug-likeness (QED) is 0.168. The van der Waals surface area contributed by atoms with Gasteiger partial charge < -0.3 is 25.5 Å². The molecule has 196 valence electrons. The molecule has 0 aliphatic heterocycles. The van der Waals surface area contributed by atoms with E-state index in [1.807, 2.05) is 6.92 Å². The summed E-state index contributed by atoms with van der Waals surface area (Å²) >= 11 is 0. The van der Waals surface area contributed by atoms with Gasteiger partial charge in [-0.1, -0.05) is 13.8 Å². The van der Waals surface area contributed by atoms with Gasteiger partial charge in [0.25, 0.3) is 11.8 Å². The van der Waals surface area contributed by atoms with Crippen molar-refractivity contribution in [1.29, 1.82) is 0 Å². The van der Waals surface area contributed by atoms with Gasteiger partial charge in [0.05, 0.1) is 16.7 Å². The number of Topliss-reactive ketones (excluding diaryl/α,β-unsaturated/α-hetero) is 1. The lowest BCUT2D eigenvalue weighted by Gasteiger charge is -2.17. The second-order valence-corrected chi connectivity index (χ2v) is 8.75. The minimum absolute atomic E-state index is 0.223. The molecular formula is C26H33N7O4. The highest BCUT2D eigenvalue weighted by atomic mass is 16.2. The van der Waals surface area contributed by atoms with Gasteiger partial charge in [0, 0.05) is 17.8 Å². The molecule has 2 amide bonds. The minimum Gasteiger partial charge on any atom is -0.352 e. The smallest absolute Gasteiger partial charge is 0.323 e. The number of anilines is 1. The van der Waals surface area contributed by atoms with Gasteiger partial charge in [0.2, 0.25) is 6.04 Å². The number of aryl methyl sites for hydroxylation is 1. The van der Waals surface area contributed by atoms with Crippen LogP contribution in [0, 0.1) is 6.92 Å². The van der Waals surface area contributed by atoms with E-state index in [0.29, 0.717) is 34.5 Å². The minimum atomic E-state index is -1.38. The van der Waals surface area contributed by atoms with Crippen molar-refractivity contribution in [1.82, 2.24) is 20.2 Å². The number of nitrogens with zero attached hydrogens (tertiary/aromatic N) is 3. The van der Waals surface area contributed by atoms with Gasteiger partial charge in [-0.25, -0.2) is 4.79 Å². The highest BCUT2D eigenvalue weighted by molar-refractivity contribution is 6.10. The van der Waals surface area contributed by atoms with Crippen LogP contribution in [-0.4, -0.2) is 64.7 Å². The van der Waals surface area contributed by atoms with Crippen molar-refractivity contribution in [3.05, 3.63) is 58.0 Å². The summed E-state index contributed by atoms with van der Waals surface area (Å²) in [5.74, 6) is -1.37. The Morgan fingerprint density at radius 1 is 1.03 bits per heavy atom. The number of benzene rings is 2. The van der Waals surface area contributed by atoms with E-state index in [0.717, 1.165) is 31.6 Å². The third-order valence-electron chi connectivity index (χ3n) is 5.86. The number of hydrogen-bond acceptors (Lipinski definition) is 7. The molecule has 1 atom stereocenters. The molecule has 0 aliphatic rings. The highest BCUT2D eigenvalue weighted by Crippen LogP contribution is 2.20. The predicted molar refractivity (Wildman–Crippen MR) is 142 cm³/mol. The van der Waals surface area contributed by atoms with Crippen LogP contribution in [0.25, 0.3) is 11.0 Å². The standard InChI is InChI=1S/C26H33N7O4/c1-5-33(6-2)11-7-10-27-24(35)18-12-16(3)13-20(14-18)31-32-23(17(4)34)25(36)28-19-8-9-21-22(15-19)30-26(37)29-21/h8-9,12-15,23H,5-7,10-11H2,1-4H3,(H,27,35)(H,28,36)(H2,29,30,37). The summed E-state index contributed by atoms with van der Waals surface area (Å²) in [6.45, 7) is 10.7. The first-order valence-electron chi connectivity index (χ1n) is 12.3. The third-order valence-corrected chi connectivity index (χ3v) is 5.86. The number of nitrogens with one attached hydrogen (secondary N) is 4. The Kier molecular flexibility index (Phi) is 9.45. The summed E-state index contributed by atoms with van der Waals surface area (Å²) in [6.07, 6.45) is 0.842. The van der Waals surface area contributed by atoms with Gasteiger partial charge >= 0.3 is 5.69 Å². The molecule has 0 bridgehead atoms. The zero-order chi connectivity index (χ0) is 26.9. The molecule has 0 spiro atoms. The summed E-state index contributed by atoms with van der Waals surface area (Å²) in [5, 5.41) is 13.6. The van der Waals surface area contributed by atoms with E-state index < -0.39 is 17.7 Å². The molecule has 0 radical (unpaired) electrons. The molecule has 3 aromatic rings. The molecule has 2 aromatic carbocycles. The second-order valence-electron chi connectivity index (χ2n) is 8.75. The number of aromatic nitrogens is 2. The zero-order valence-electron chi connectivity index (χ0n) is 21.6. The number of aromatic amines is 2. The Bertz CT molecular complexity index is 1350. The summed E-state index contributed by atoms with van der Waals surface area (Å²) in [6, 6.07) is 8.47. The Morgan fingerprint density at radius 3 is 2.46 bits per heavy atom. The number of ketones is 1. The molecule has 11 heteroatoms. The lowest BCUT2D eigenvalue weighted by Crippen LogP contribution is -2.31. The molecule has 1 heterocycles. The first kappa shape index (κ1) is 27.5. The van der Waals surface area contributed by atoms with Gasteiger partial charge in [-0.3, -0.25) is 14.4 Å². The van der Waals surface area contributed by atoms with Crippen molar-refractivity contribution in [3.63, 3.8) is 0 Å². The summed E-state index contributed by atoms with van der Waals surface area (Å²) in [4.78, 5) is 56.5. The molecule has 0 fully saturated rings. The number of hydrogen-bond donors (Lipinski definition) is 4. The van der Waals surface area contributed by atoms with Crippen LogP contribution >= 0.6 is 0 Å². The van der Waals surface area contributed by atoms with Crippen molar-refractivity contribution >= 4 is 40.0 Å². The molecule has 0 saturated heterocycles. The van der Waals surface area contributed by atoms with Crippen LogP contribution in [-0.2, 0) is 9.59 Å². The number of imidazole rings is 1. The summed E-state index contributed by atoms with van der Waals surface area (Å²) in [5.41, 5.74) is 2.72. The normalized spacial score (nSPS) is 12.2. The van der Waals surface area contributed by atoms with Crippen LogP contribution in [0.3, 0.4) is 0 Å². The number of rotatable bonds is 12. The van der Waals surface area contributed by atoms with Crippen LogP contribution in [0.15, 0.2) is 51.4 Å². The Morgan fingerprint density at radius 2 is 1.76 bits per heavy atom. The third kappa shape index (κ3) is 7.68. The van der Waals surface area contributed by atoms with Crippen LogP contribution in [0.1, 0.15) is 43.1 Å². The van der Waals surface area contributed by atoms with E-state index in [1.54, 1.807) is 36.4 Å². The number of fused-ring (bicyclic) bond motifs is 1. The van der Waals surface area contributed by atoms with Crippen LogP contribution in [0.4, 0.5) is 11.4 Å². The fourth-order valence-corrected chi connectivity index (χ4v) is 3.86. The number of azo groups is 1. The van der Waals surface area contributed by atoms with E-state index in [2.05, 4.69) is 49.6 Å². The highest BCUT2D eigenvalue weighted by Gasteiger charge is 2.23. The Labute approximate surface area is 214 Å². The molecule has 37 heavy (non-hydrogen) atoms. The molecule has 11 nitrogen and oxygen atoms in total. The van der Waals surface area contributed by atoms with E-state index >= 15 is 0 Å². The summed E-state index contributed by atoms with van der Waals surface area (Å²) in [7, 11) is 0. The monoisotopic (exact) mass is 507 g/mol. The molecule has 4 N–H and O–H groups in total. The second kappa shape index (κ2) is 12.7. The zero-order valence-corrected chi connectivity index (χ0v) is 21.6. The van der Waals surface area contributed by atoms with E-state index in [-0.39, 0.29) is 11.6 Å². The van der Waals surface area contributed by atoms with Crippen molar-refractivity contribution in [2.75, 3.05) is 31.5 Å². The lowest BCUT2D eigenvalue weighted by molar-refractivity contribution is -0.126. The van der Waals surface area contributed by atoms with Gasteiger partial charge in [0.15, 0.2) is 5.78 Å². The van der Waals surface area contributed by atoms with Gasteiger partial charge in [-0.05, 0) is 81.9 Å². The maximum absolute atomic E-state index is 12.8. The van der Waals surface area contributed by atoms with Gasteiger partial charge in [-0.15, -0.1) is 0 Å². The maximum atomic E-state index is 12.8. The number of carbonyl (C=O) groups is 3. The van der Waals surface area contributed by atoms with Gasteiger partial charge in [0.1, 0.15) is 0 Å². The van der Waals surface area contributed by atoms with Crippen LogP contribution in [0.2, 0.25) is 0 Å². The van der Waals surface area contributed by atoms with Crippen LogP contribution in [0.5, 0.6) is 0 Å². The average Bonchev–Trinajstić information content (AvgIpc) is 3.22. The number of amides is 2. The van der Waals surface area contributed by atoms with Crippen molar-refractivity contribution in [3.8, 4) is 0 Å². The van der Waals surface area contributed by atoms with E-state index in [9.17, 15) is 19.2 Å². The van der Waals surface area contributed by atoms with E-state index in [4.69, 9.17) is 0 Å². The number of carbonyl (C=O) groups excluding carboxylic acids is 3. The topological polar surface area (TPSA) is 152 Å². The van der Waals surface area contributed by atoms with Gasteiger partial charge in [-0.2, -0.15) is 10.2 Å². The lowest BCUT2D eigenvalue weighted by atomic mass is 10.1. The predicted octanol–water partition coefficient (Wildman–Crippen LogP) is 3.31. The SMILES string of the molecule is CCN(CC)CCCNC(=O)c1cc(C)cc(N=NC(C(C)=O)C(=O)Nc2ccc3[nH]c(=O)[nH]c3c2)c1. The fraction of sp³-hybridized carbons (Fsp3) is 0.385. The summed E-state index contributed by atoms with van der Waals surface area (Å²) < 4.78 is 0. The maximum Gasteiger partial charge on any atom is 0.323 e. The molecule has 0 saturated carbocycles. The van der Waals surface area contributed by atoms with Crippen molar-refractivity contribution in [2.24, 2.45) is 10.2 Å². The van der Waals surface area contributed by atoms with Crippen molar-refractivity contribution in [2.45, 2.75) is 40.2 Å². The fourth-order valence-electron chi connectivity index (χ4n) is 3.86. The molecule has 0 aliphatic carbocycles. The number of H-pyrrole nitrogens is 2. The molecular weight excluding hydrogens is 474 g/mol. The van der Waals surface area contributed by atoms with Crippen LogP contribution < -0.4 is 16.3 Å². The first-order valence-corrected chi connectivity index (χ1v) is 12.3. The first-order chi connectivity index (χ1) is 17.7. The Hall–Kier alpha value is -4.12. The Balaban J connectivity index is 1.67. The molecule has 3 rings (SSSR count). The molecule has 1 aromatic heterocycles.